The zero-order chi connectivity index (χ0) is 16.0. The van der Waals surface area contributed by atoms with Crippen LogP contribution in [0.15, 0.2) is 18.2 Å². The lowest BCUT2D eigenvalue weighted by atomic mass is 9.94. The van der Waals surface area contributed by atoms with Gasteiger partial charge >= 0.3 is 5.97 Å². The molecule has 0 fully saturated rings. The molecule has 21 heavy (non-hydrogen) atoms. The Kier molecular flexibility index (Phi) is 6.21. The van der Waals surface area contributed by atoms with E-state index in [1.54, 1.807) is 19.1 Å². The second-order valence-corrected chi connectivity index (χ2v) is 5.80. The molecule has 0 heterocycles. The van der Waals surface area contributed by atoms with Gasteiger partial charge in [-0.25, -0.2) is 0 Å². The number of amides is 1. The molecule has 1 amide bonds. The summed E-state index contributed by atoms with van der Waals surface area (Å²) < 4.78 is 0. The van der Waals surface area contributed by atoms with Gasteiger partial charge in [-0.2, -0.15) is 0 Å². The van der Waals surface area contributed by atoms with Crippen LogP contribution in [0.1, 0.15) is 42.6 Å². The number of nitrogens with one attached hydrogen (secondary N) is 1. The molecule has 0 spiro atoms. The number of phenols is 1. The van der Waals surface area contributed by atoms with E-state index < -0.39 is 5.97 Å². The summed E-state index contributed by atoms with van der Waals surface area (Å²) >= 11 is 0. The highest BCUT2D eigenvalue weighted by Crippen LogP contribution is 2.18. The Balaban J connectivity index is 2.63. The fourth-order valence-electron chi connectivity index (χ4n) is 2.24. The van der Waals surface area contributed by atoms with Crippen molar-refractivity contribution >= 4 is 11.9 Å². The molecule has 0 aliphatic heterocycles. The van der Waals surface area contributed by atoms with Crippen LogP contribution in [0.25, 0.3) is 0 Å². The fraction of sp³-hybridized carbons (Fsp3) is 0.500. The molecule has 0 saturated carbocycles. The van der Waals surface area contributed by atoms with E-state index in [0.717, 1.165) is 6.42 Å². The molecule has 5 nitrogen and oxygen atoms in total. The Morgan fingerprint density at radius 2 is 1.95 bits per heavy atom. The molecule has 1 aromatic carbocycles. The van der Waals surface area contributed by atoms with E-state index in [1.807, 2.05) is 13.8 Å². The van der Waals surface area contributed by atoms with Crippen molar-refractivity contribution in [1.82, 2.24) is 5.32 Å². The van der Waals surface area contributed by atoms with E-state index >= 15 is 0 Å². The lowest BCUT2D eigenvalue weighted by Crippen LogP contribution is -2.31. The molecule has 0 aliphatic rings. The van der Waals surface area contributed by atoms with E-state index in [9.17, 15) is 14.7 Å². The first kappa shape index (κ1) is 17.0. The van der Waals surface area contributed by atoms with Crippen molar-refractivity contribution in [2.45, 2.75) is 33.6 Å². The van der Waals surface area contributed by atoms with E-state index in [-0.39, 0.29) is 24.0 Å². The number of hydrogen-bond acceptors (Lipinski definition) is 3. The number of aliphatic carboxylic acids is 1. The second-order valence-electron chi connectivity index (χ2n) is 5.80. The SMILES string of the molecule is Cc1ccc(C(=O)NC[C@H](CC(=O)O)CC(C)C)cc1O. The van der Waals surface area contributed by atoms with Crippen LogP contribution >= 0.6 is 0 Å². The Hall–Kier alpha value is -2.04. The van der Waals surface area contributed by atoms with Crippen molar-refractivity contribution < 1.29 is 19.8 Å². The largest absolute Gasteiger partial charge is 0.508 e. The Bertz CT molecular complexity index is 511. The van der Waals surface area contributed by atoms with E-state index in [2.05, 4.69) is 5.32 Å². The number of aromatic hydroxyl groups is 1. The maximum atomic E-state index is 12.0. The fourth-order valence-corrected chi connectivity index (χ4v) is 2.24. The Morgan fingerprint density at radius 1 is 1.29 bits per heavy atom. The normalized spacial score (nSPS) is 12.2. The van der Waals surface area contributed by atoms with E-state index in [4.69, 9.17) is 5.11 Å². The monoisotopic (exact) mass is 293 g/mol. The molecule has 0 radical (unpaired) electrons. The zero-order valence-corrected chi connectivity index (χ0v) is 12.7. The minimum absolute atomic E-state index is 0.0393. The molecule has 116 valence electrons. The number of phenolic OH excluding ortho intramolecular Hbond substituents is 1. The third-order valence-electron chi connectivity index (χ3n) is 3.29. The molecule has 5 heteroatoms. The first-order valence-corrected chi connectivity index (χ1v) is 7.09. The number of carboxylic acids is 1. The predicted octanol–water partition coefficient (Wildman–Crippen LogP) is 2.57. The van der Waals surface area contributed by atoms with Crippen molar-refractivity contribution in [2.24, 2.45) is 11.8 Å². The summed E-state index contributed by atoms with van der Waals surface area (Å²) in [6.07, 6.45) is 0.781. The van der Waals surface area contributed by atoms with E-state index in [1.165, 1.54) is 6.07 Å². The van der Waals surface area contributed by atoms with Crippen LogP contribution in [0.2, 0.25) is 0 Å². The highest BCUT2D eigenvalue weighted by Gasteiger charge is 2.17. The Morgan fingerprint density at radius 3 is 2.48 bits per heavy atom. The van der Waals surface area contributed by atoms with Crippen molar-refractivity contribution in [2.75, 3.05) is 6.54 Å². The summed E-state index contributed by atoms with van der Waals surface area (Å²) in [4.78, 5) is 22.9. The number of hydrogen-bond donors (Lipinski definition) is 3. The molecule has 1 atom stereocenters. The third-order valence-corrected chi connectivity index (χ3v) is 3.29. The quantitative estimate of drug-likeness (QED) is 0.721. The molecule has 0 aliphatic carbocycles. The maximum Gasteiger partial charge on any atom is 0.303 e. The molecule has 0 aromatic heterocycles. The number of rotatable bonds is 7. The lowest BCUT2D eigenvalue weighted by molar-refractivity contribution is -0.138. The van der Waals surface area contributed by atoms with Gasteiger partial charge in [0.1, 0.15) is 5.75 Å². The van der Waals surface area contributed by atoms with Gasteiger partial charge in [-0.1, -0.05) is 19.9 Å². The summed E-state index contributed by atoms with van der Waals surface area (Å²) in [6.45, 7) is 6.11. The van der Waals surface area contributed by atoms with Gasteiger partial charge in [0, 0.05) is 18.5 Å². The van der Waals surface area contributed by atoms with Crippen molar-refractivity contribution in [1.29, 1.82) is 0 Å². The van der Waals surface area contributed by atoms with Crippen molar-refractivity contribution in [3.63, 3.8) is 0 Å². The van der Waals surface area contributed by atoms with Gasteiger partial charge in [0.05, 0.1) is 0 Å². The van der Waals surface area contributed by atoms with Crippen LogP contribution in [0.5, 0.6) is 5.75 Å². The van der Waals surface area contributed by atoms with Gasteiger partial charge in [-0.15, -0.1) is 0 Å². The highest BCUT2D eigenvalue weighted by molar-refractivity contribution is 5.94. The van der Waals surface area contributed by atoms with Crippen LogP contribution in [0, 0.1) is 18.8 Å². The maximum absolute atomic E-state index is 12.0. The molecule has 1 rings (SSSR count). The van der Waals surface area contributed by atoms with Gasteiger partial charge < -0.3 is 15.5 Å². The Labute approximate surface area is 125 Å². The molecular weight excluding hydrogens is 270 g/mol. The highest BCUT2D eigenvalue weighted by atomic mass is 16.4. The first-order valence-electron chi connectivity index (χ1n) is 7.09. The van der Waals surface area contributed by atoms with Crippen LogP contribution in [0.4, 0.5) is 0 Å². The van der Waals surface area contributed by atoms with Gasteiger partial charge in [-0.3, -0.25) is 9.59 Å². The second kappa shape index (κ2) is 7.67. The van der Waals surface area contributed by atoms with Crippen molar-refractivity contribution in [3.8, 4) is 5.75 Å². The minimum atomic E-state index is -0.858. The average Bonchev–Trinajstić information content (AvgIpc) is 2.37. The first-order chi connectivity index (χ1) is 9.79. The number of aryl methyl sites for hydroxylation is 1. The zero-order valence-electron chi connectivity index (χ0n) is 12.7. The van der Waals surface area contributed by atoms with E-state index in [0.29, 0.717) is 23.6 Å². The van der Waals surface area contributed by atoms with Gasteiger partial charge in [0.15, 0.2) is 0 Å². The summed E-state index contributed by atoms with van der Waals surface area (Å²) in [5, 5.41) is 21.2. The number of carbonyl (C=O) groups excluding carboxylic acids is 1. The molecule has 0 saturated heterocycles. The standard InChI is InChI=1S/C16H23NO4/c1-10(2)6-12(7-15(19)20)9-17-16(21)13-5-4-11(3)14(18)8-13/h4-5,8,10,12,18H,6-7,9H2,1-3H3,(H,17,21)(H,19,20)/t12-/m0/s1. The number of carboxylic acid groups (broad SMARTS) is 1. The number of carbonyl (C=O) groups is 2. The van der Waals surface area contributed by atoms with Crippen LogP contribution < -0.4 is 5.32 Å². The lowest BCUT2D eigenvalue weighted by Gasteiger charge is -2.18. The van der Waals surface area contributed by atoms with Crippen LogP contribution in [-0.4, -0.2) is 28.6 Å². The molecule has 0 unspecified atom stereocenters. The summed E-state index contributed by atoms with van der Waals surface area (Å²) in [5.74, 6) is -0.806. The summed E-state index contributed by atoms with van der Waals surface area (Å²) in [5.41, 5.74) is 1.08. The summed E-state index contributed by atoms with van der Waals surface area (Å²) in [7, 11) is 0. The van der Waals surface area contributed by atoms with Crippen LogP contribution in [-0.2, 0) is 4.79 Å². The molecule has 3 N–H and O–H groups in total. The average molecular weight is 293 g/mol. The number of benzene rings is 1. The van der Waals surface area contributed by atoms with Gasteiger partial charge in [0.2, 0.25) is 0 Å². The predicted molar refractivity (Wildman–Crippen MR) is 80.4 cm³/mol. The summed E-state index contributed by atoms with van der Waals surface area (Å²) in [6, 6.07) is 4.73. The van der Waals surface area contributed by atoms with Gasteiger partial charge in [-0.05, 0) is 42.9 Å². The van der Waals surface area contributed by atoms with Crippen molar-refractivity contribution in [3.05, 3.63) is 29.3 Å². The topological polar surface area (TPSA) is 86.6 Å². The smallest absolute Gasteiger partial charge is 0.303 e. The molecule has 0 bridgehead atoms. The molecular formula is C16H23NO4. The van der Waals surface area contributed by atoms with Crippen LogP contribution in [0.3, 0.4) is 0 Å². The third kappa shape index (κ3) is 5.85. The minimum Gasteiger partial charge on any atom is -0.508 e. The molecule has 1 aromatic rings. The van der Waals surface area contributed by atoms with Gasteiger partial charge in [0.25, 0.3) is 5.91 Å².